The Kier molecular flexibility index (Phi) is 7.23. The maximum Gasteiger partial charge on any atom is 0.119 e. The first kappa shape index (κ1) is 20.8. The maximum absolute atomic E-state index is 10.7. The van der Waals surface area contributed by atoms with Crippen molar-refractivity contribution >= 4 is 11.1 Å². The van der Waals surface area contributed by atoms with Crippen molar-refractivity contribution in [3.05, 3.63) is 102 Å². The topological polar surface area (TPSA) is 32.7 Å². The zero-order valence-electron chi connectivity index (χ0n) is 17.4. The molecule has 0 aliphatic heterocycles. The average molecular weight is 388 g/mol. The van der Waals surface area contributed by atoms with E-state index in [1.165, 1.54) is 0 Å². The van der Waals surface area contributed by atoms with E-state index in [9.17, 15) is 5.11 Å². The lowest BCUT2D eigenvalue weighted by atomic mass is 9.87. The van der Waals surface area contributed by atoms with Gasteiger partial charge in [0, 0.05) is 6.54 Å². The van der Waals surface area contributed by atoms with Crippen LogP contribution in [0.25, 0.3) is 11.1 Å². The van der Waals surface area contributed by atoms with Crippen LogP contribution in [0.2, 0.25) is 0 Å². The Bertz CT molecular complexity index is 914. The second-order valence-corrected chi connectivity index (χ2v) is 7.37. The molecule has 3 heteroatoms. The second kappa shape index (κ2) is 10.1. The fraction of sp³-hybridized carbons (Fsp3) is 0.231. The van der Waals surface area contributed by atoms with Crippen LogP contribution in [0.4, 0.5) is 0 Å². The summed E-state index contributed by atoms with van der Waals surface area (Å²) in [4.78, 5) is 2.10. The van der Waals surface area contributed by atoms with Gasteiger partial charge in [-0.15, -0.1) is 0 Å². The van der Waals surface area contributed by atoms with Crippen molar-refractivity contribution in [3.63, 3.8) is 0 Å². The molecule has 3 rings (SSSR count). The molecule has 29 heavy (non-hydrogen) atoms. The first-order valence-electron chi connectivity index (χ1n) is 9.97. The molecule has 0 heterocycles. The van der Waals surface area contributed by atoms with Crippen molar-refractivity contribution in [1.82, 2.24) is 4.90 Å². The Morgan fingerprint density at radius 3 is 1.83 bits per heavy atom. The zero-order valence-corrected chi connectivity index (χ0v) is 17.4. The van der Waals surface area contributed by atoms with Crippen molar-refractivity contribution in [2.75, 3.05) is 27.2 Å². The third-order valence-corrected chi connectivity index (χ3v) is 4.78. The van der Waals surface area contributed by atoms with Crippen LogP contribution in [0.15, 0.2) is 84.9 Å². The lowest BCUT2D eigenvalue weighted by molar-refractivity contribution is 0.253. The Morgan fingerprint density at radius 1 is 0.793 bits per heavy atom. The molecular formula is C26H29NO2. The Labute approximate surface area is 173 Å². The summed E-state index contributed by atoms with van der Waals surface area (Å²) < 4.78 is 5.84. The Hall–Kier alpha value is -2.88. The highest BCUT2D eigenvalue weighted by molar-refractivity contribution is 5.99. The number of benzene rings is 3. The quantitative estimate of drug-likeness (QED) is 0.554. The monoisotopic (exact) mass is 387 g/mol. The molecule has 0 aliphatic rings. The SMILES string of the molecule is C[C@@H](O)/C(=C(/c1ccccc1)c1ccc(OCCN(C)C)cc1)c1ccccc1. The number of rotatable bonds is 8. The molecule has 0 aromatic heterocycles. The van der Waals surface area contributed by atoms with Gasteiger partial charge in [0.15, 0.2) is 0 Å². The van der Waals surface area contributed by atoms with Crippen LogP contribution < -0.4 is 4.74 Å². The number of ether oxygens (including phenoxy) is 1. The summed E-state index contributed by atoms with van der Waals surface area (Å²) in [5, 5.41) is 10.7. The number of likely N-dealkylation sites (N-methyl/N-ethyl adjacent to an activating group) is 1. The van der Waals surface area contributed by atoms with E-state index in [4.69, 9.17) is 4.74 Å². The summed E-state index contributed by atoms with van der Waals surface area (Å²) in [6.07, 6.45) is -0.608. The van der Waals surface area contributed by atoms with E-state index in [0.717, 1.165) is 40.1 Å². The molecule has 1 atom stereocenters. The van der Waals surface area contributed by atoms with Gasteiger partial charge >= 0.3 is 0 Å². The van der Waals surface area contributed by atoms with Gasteiger partial charge in [0.25, 0.3) is 0 Å². The van der Waals surface area contributed by atoms with Crippen LogP contribution in [-0.4, -0.2) is 43.4 Å². The van der Waals surface area contributed by atoms with Crippen LogP contribution in [0.3, 0.4) is 0 Å². The van der Waals surface area contributed by atoms with Gasteiger partial charge in [0.05, 0.1) is 6.10 Å². The fourth-order valence-corrected chi connectivity index (χ4v) is 3.36. The summed E-state index contributed by atoms with van der Waals surface area (Å²) in [5.74, 6) is 0.848. The standard InChI is InChI=1S/C26H29NO2/c1-20(28)25(21-10-6-4-7-11-21)26(22-12-8-5-9-13-22)23-14-16-24(17-15-23)29-19-18-27(2)3/h4-17,20,28H,18-19H2,1-3H3/b26-25+/t20-/m1/s1. The Balaban J connectivity index is 2.05. The van der Waals surface area contributed by atoms with E-state index in [0.29, 0.717) is 6.61 Å². The summed E-state index contributed by atoms with van der Waals surface area (Å²) in [6.45, 7) is 3.35. The van der Waals surface area contributed by atoms with Gasteiger partial charge in [-0.25, -0.2) is 0 Å². The molecule has 0 aliphatic carbocycles. The highest BCUT2D eigenvalue weighted by Gasteiger charge is 2.17. The number of hydrogen-bond donors (Lipinski definition) is 1. The van der Waals surface area contributed by atoms with Crippen molar-refractivity contribution < 1.29 is 9.84 Å². The molecule has 0 unspecified atom stereocenters. The minimum atomic E-state index is -0.608. The molecule has 150 valence electrons. The maximum atomic E-state index is 10.7. The second-order valence-electron chi connectivity index (χ2n) is 7.37. The van der Waals surface area contributed by atoms with Gasteiger partial charge in [-0.3, -0.25) is 0 Å². The third kappa shape index (κ3) is 5.57. The van der Waals surface area contributed by atoms with Crippen LogP contribution in [0.1, 0.15) is 23.6 Å². The molecule has 0 spiro atoms. The minimum absolute atomic E-state index is 0.608. The van der Waals surface area contributed by atoms with E-state index >= 15 is 0 Å². The minimum Gasteiger partial charge on any atom is -0.492 e. The first-order valence-corrected chi connectivity index (χ1v) is 9.97. The fourth-order valence-electron chi connectivity index (χ4n) is 3.36. The molecule has 0 bridgehead atoms. The molecule has 3 nitrogen and oxygen atoms in total. The van der Waals surface area contributed by atoms with Gasteiger partial charge in [0.1, 0.15) is 12.4 Å². The molecule has 0 saturated heterocycles. The number of aliphatic hydroxyl groups is 1. The number of nitrogens with zero attached hydrogens (tertiary/aromatic N) is 1. The van der Waals surface area contributed by atoms with Crippen molar-refractivity contribution in [1.29, 1.82) is 0 Å². The van der Waals surface area contributed by atoms with E-state index in [-0.39, 0.29) is 0 Å². The molecule has 0 amide bonds. The van der Waals surface area contributed by atoms with Crippen LogP contribution in [0, 0.1) is 0 Å². The normalized spacial score (nSPS) is 13.1. The van der Waals surface area contributed by atoms with Crippen molar-refractivity contribution in [2.24, 2.45) is 0 Å². The van der Waals surface area contributed by atoms with Crippen molar-refractivity contribution in [2.45, 2.75) is 13.0 Å². The number of hydrogen-bond acceptors (Lipinski definition) is 3. The van der Waals surface area contributed by atoms with Crippen molar-refractivity contribution in [3.8, 4) is 5.75 Å². The van der Waals surface area contributed by atoms with Crippen LogP contribution in [-0.2, 0) is 0 Å². The van der Waals surface area contributed by atoms with Gasteiger partial charge in [0.2, 0.25) is 0 Å². The summed E-state index contributed by atoms with van der Waals surface area (Å²) in [6, 6.07) is 28.5. The summed E-state index contributed by atoms with van der Waals surface area (Å²) in [5.41, 5.74) is 5.10. The van der Waals surface area contributed by atoms with E-state index in [1.807, 2.05) is 81.7 Å². The molecule has 3 aromatic rings. The highest BCUT2D eigenvalue weighted by Crippen LogP contribution is 2.35. The van der Waals surface area contributed by atoms with Crippen LogP contribution >= 0.6 is 0 Å². The van der Waals surface area contributed by atoms with Gasteiger partial charge in [-0.05, 0) is 61.0 Å². The van der Waals surface area contributed by atoms with E-state index in [2.05, 4.69) is 29.2 Å². The predicted octanol–water partition coefficient (Wildman–Crippen LogP) is 4.97. The molecule has 1 N–H and O–H groups in total. The highest BCUT2D eigenvalue weighted by atomic mass is 16.5. The van der Waals surface area contributed by atoms with Crippen LogP contribution in [0.5, 0.6) is 5.75 Å². The molecule has 3 aromatic carbocycles. The molecule has 0 fully saturated rings. The Morgan fingerprint density at radius 2 is 1.31 bits per heavy atom. The summed E-state index contributed by atoms with van der Waals surface area (Å²) in [7, 11) is 4.06. The van der Waals surface area contributed by atoms with Gasteiger partial charge in [-0.1, -0.05) is 72.8 Å². The first-order chi connectivity index (χ1) is 14.1. The lowest BCUT2D eigenvalue weighted by Gasteiger charge is -2.20. The third-order valence-electron chi connectivity index (χ3n) is 4.78. The van der Waals surface area contributed by atoms with E-state index < -0.39 is 6.10 Å². The molecule has 0 saturated carbocycles. The number of aliphatic hydroxyl groups excluding tert-OH is 1. The predicted molar refractivity (Wildman–Crippen MR) is 121 cm³/mol. The van der Waals surface area contributed by atoms with E-state index in [1.54, 1.807) is 0 Å². The molecular weight excluding hydrogens is 358 g/mol. The van der Waals surface area contributed by atoms with Gasteiger partial charge < -0.3 is 14.7 Å². The largest absolute Gasteiger partial charge is 0.492 e. The zero-order chi connectivity index (χ0) is 20.6. The average Bonchev–Trinajstić information content (AvgIpc) is 2.73. The molecule has 0 radical (unpaired) electrons. The summed E-state index contributed by atoms with van der Waals surface area (Å²) >= 11 is 0. The lowest BCUT2D eigenvalue weighted by Crippen LogP contribution is -2.19. The van der Waals surface area contributed by atoms with Gasteiger partial charge in [-0.2, -0.15) is 0 Å². The smallest absolute Gasteiger partial charge is 0.119 e.